The summed E-state index contributed by atoms with van der Waals surface area (Å²) in [5, 5.41) is 3.15. The lowest BCUT2D eigenvalue weighted by molar-refractivity contribution is 0.100. The minimum atomic E-state index is -0.530. The number of carbonyl (C=O) groups excluding carboxylic acids is 1. The molecule has 1 aromatic carbocycles. The molecule has 1 heterocycles. The molecule has 18 heavy (non-hydrogen) atoms. The largest absolute Gasteiger partial charge is 0.396 e. The molecule has 2 rings (SSSR count). The molecule has 1 aromatic heterocycles. The number of nitrogens with two attached hydrogens (primary N) is 2. The molecule has 1 amide bonds. The van der Waals surface area contributed by atoms with E-state index < -0.39 is 5.91 Å². The summed E-state index contributed by atoms with van der Waals surface area (Å²) in [6.45, 7) is 0.584. The van der Waals surface area contributed by atoms with Gasteiger partial charge in [0.2, 0.25) is 0 Å². The molecule has 0 aliphatic carbocycles. The number of para-hydroxylation sites is 1. The number of nitrogens with one attached hydrogen (secondary N) is 1. The Bertz CT molecular complexity index is 554. The summed E-state index contributed by atoms with van der Waals surface area (Å²) in [7, 11) is 0. The number of benzene rings is 1. The van der Waals surface area contributed by atoms with E-state index in [1.54, 1.807) is 30.6 Å². The summed E-state index contributed by atoms with van der Waals surface area (Å²) >= 11 is 0. The van der Waals surface area contributed by atoms with Crippen molar-refractivity contribution >= 4 is 17.3 Å². The van der Waals surface area contributed by atoms with Gasteiger partial charge in [-0.05, 0) is 23.8 Å². The fourth-order valence-corrected chi connectivity index (χ4v) is 1.63. The van der Waals surface area contributed by atoms with Crippen molar-refractivity contribution in [3.8, 4) is 0 Å². The van der Waals surface area contributed by atoms with E-state index in [0.717, 1.165) is 5.56 Å². The second kappa shape index (κ2) is 5.18. The standard InChI is InChI=1S/C13H14N4O/c14-12-10(13(15)18)4-1-5-11(12)17-8-9-3-2-6-16-7-9/h1-7,17H,8,14H2,(H2,15,18). The maximum atomic E-state index is 11.2. The second-order valence-corrected chi connectivity index (χ2v) is 3.85. The highest BCUT2D eigenvalue weighted by molar-refractivity contribution is 6.00. The normalized spacial score (nSPS) is 10.0. The molecule has 0 saturated carbocycles. The van der Waals surface area contributed by atoms with E-state index in [0.29, 0.717) is 23.5 Å². The molecule has 2 aromatic rings. The number of nitrogen functional groups attached to an aromatic ring is 1. The lowest BCUT2D eigenvalue weighted by atomic mass is 10.1. The molecular formula is C13H14N4O. The van der Waals surface area contributed by atoms with Crippen LogP contribution in [0.2, 0.25) is 0 Å². The summed E-state index contributed by atoms with van der Waals surface area (Å²) in [6.07, 6.45) is 3.48. The third-order valence-electron chi connectivity index (χ3n) is 2.58. The molecule has 0 aliphatic heterocycles. The molecule has 5 nitrogen and oxygen atoms in total. The van der Waals surface area contributed by atoms with Crippen LogP contribution in [-0.4, -0.2) is 10.9 Å². The van der Waals surface area contributed by atoms with E-state index in [4.69, 9.17) is 11.5 Å². The quantitative estimate of drug-likeness (QED) is 0.706. The van der Waals surface area contributed by atoms with Gasteiger partial charge < -0.3 is 16.8 Å². The highest BCUT2D eigenvalue weighted by Gasteiger charge is 2.08. The van der Waals surface area contributed by atoms with Gasteiger partial charge >= 0.3 is 0 Å². The van der Waals surface area contributed by atoms with Crippen LogP contribution in [-0.2, 0) is 6.54 Å². The van der Waals surface area contributed by atoms with Crippen molar-refractivity contribution in [3.63, 3.8) is 0 Å². The highest BCUT2D eigenvalue weighted by atomic mass is 16.1. The zero-order chi connectivity index (χ0) is 13.0. The van der Waals surface area contributed by atoms with Gasteiger partial charge in [-0.2, -0.15) is 0 Å². The van der Waals surface area contributed by atoms with Gasteiger partial charge in [0.25, 0.3) is 5.91 Å². The van der Waals surface area contributed by atoms with Crippen molar-refractivity contribution in [1.82, 2.24) is 4.98 Å². The first-order valence-electron chi connectivity index (χ1n) is 5.49. The first kappa shape index (κ1) is 11.9. The molecule has 92 valence electrons. The second-order valence-electron chi connectivity index (χ2n) is 3.85. The summed E-state index contributed by atoms with van der Waals surface area (Å²) < 4.78 is 0. The smallest absolute Gasteiger partial charge is 0.250 e. The lowest BCUT2D eigenvalue weighted by Crippen LogP contribution is -2.14. The van der Waals surface area contributed by atoms with E-state index >= 15 is 0 Å². The molecule has 5 N–H and O–H groups in total. The van der Waals surface area contributed by atoms with E-state index in [2.05, 4.69) is 10.3 Å². The van der Waals surface area contributed by atoms with Crippen LogP contribution in [0, 0.1) is 0 Å². The van der Waals surface area contributed by atoms with Crippen molar-refractivity contribution in [1.29, 1.82) is 0 Å². The van der Waals surface area contributed by atoms with E-state index in [1.807, 2.05) is 12.1 Å². The molecule has 0 bridgehead atoms. The number of anilines is 2. The highest BCUT2D eigenvalue weighted by Crippen LogP contribution is 2.22. The molecule has 0 radical (unpaired) electrons. The Hall–Kier alpha value is -2.56. The van der Waals surface area contributed by atoms with Crippen LogP contribution in [0.3, 0.4) is 0 Å². The summed E-state index contributed by atoms with van der Waals surface area (Å²) in [4.78, 5) is 15.2. The average Bonchev–Trinajstić information content (AvgIpc) is 2.38. The first-order valence-corrected chi connectivity index (χ1v) is 5.49. The zero-order valence-corrected chi connectivity index (χ0v) is 9.76. The van der Waals surface area contributed by atoms with Crippen LogP contribution < -0.4 is 16.8 Å². The van der Waals surface area contributed by atoms with E-state index in [9.17, 15) is 4.79 Å². The Kier molecular flexibility index (Phi) is 3.43. The van der Waals surface area contributed by atoms with Crippen molar-refractivity contribution < 1.29 is 4.79 Å². The maximum absolute atomic E-state index is 11.2. The summed E-state index contributed by atoms with van der Waals surface area (Å²) in [6, 6.07) is 8.96. The van der Waals surface area contributed by atoms with Gasteiger partial charge in [0.05, 0.1) is 16.9 Å². The predicted octanol–water partition coefficient (Wildman–Crippen LogP) is 1.37. The Morgan fingerprint density at radius 3 is 2.78 bits per heavy atom. The number of amides is 1. The van der Waals surface area contributed by atoms with E-state index in [1.165, 1.54) is 0 Å². The van der Waals surface area contributed by atoms with Crippen molar-refractivity contribution in [2.45, 2.75) is 6.54 Å². The number of aromatic nitrogens is 1. The number of hydrogen-bond acceptors (Lipinski definition) is 4. The van der Waals surface area contributed by atoms with Crippen LogP contribution in [0.4, 0.5) is 11.4 Å². The van der Waals surface area contributed by atoms with Crippen LogP contribution in [0.5, 0.6) is 0 Å². The topological polar surface area (TPSA) is 94.0 Å². The molecule has 0 atom stereocenters. The molecule has 0 fully saturated rings. The number of primary amides is 1. The SMILES string of the molecule is NC(=O)c1cccc(NCc2cccnc2)c1N. The van der Waals surface area contributed by atoms with Crippen LogP contribution in [0.15, 0.2) is 42.7 Å². The lowest BCUT2D eigenvalue weighted by Gasteiger charge is -2.11. The minimum Gasteiger partial charge on any atom is -0.396 e. The molecule has 0 saturated heterocycles. The fourth-order valence-electron chi connectivity index (χ4n) is 1.63. The number of hydrogen-bond donors (Lipinski definition) is 3. The molecule has 5 heteroatoms. The first-order chi connectivity index (χ1) is 8.68. The van der Waals surface area contributed by atoms with Gasteiger partial charge in [-0.1, -0.05) is 12.1 Å². The van der Waals surface area contributed by atoms with Gasteiger partial charge in [-0.25, -0.2) is 0 Å². The van der Waals surface area contributed by atoms with Gasteiger partial charge in [0.1, 0.15) is 0 Å². The minimum absolute atomic E-state index is 0.325. The Balaban J connectivity index is 2.15. The Morgan fingerprint density at radius 2 is 2.11 bits per heavy atom. The number of pyridine rings is 1. The third kappa shape index (κ3) is 2.57. The van der Waals surface area contributed by atoms with Crippen molar-refractivity contribution in [2.24, 2.45) is 5.73 Å². The summed E-state index contributed by atoms with van der Waals surface area (Å²) in [5.74, 6) is -0.530. The van der Waals surface area contributed by atoms with Crippen molar-refractivity contribution in [3.05, 3.63) is 53.9 Å². The monoisotopic (exact) mass is 242 g/mol. The Labute approximate surface area is 105 Å². The van der Waals surface area contributed by atoms with Crippen LogP contribution in [0.25, 0.3) is 0 Å². The van der Waals surface area contributed by atoms with Gasteiger partial charge in [0.15, 0.2) is 0 Å². The van der Waals surface area contributed by atoms with Gasteiger partial charge in [0, 0.05) is 18.9 Å². The maximum Gasteiger partial charge on any atom is 0.250 e. The van der Waals surface area contributed by atoms with E-state index in [-0.39, 0.29) is 0 Å². The zero-order valence-electron chi connectivity index (χ0n) is 9.76. The Morgan fingerprint density at radius 1 is 1.28 bits per heavy atom. The van der Waals surface area contributed by atoms with Crippen molar-refractivity contribution in [2.75, 3.05) is 11.1 Å². The molecule has 0 aliphatic rings. The van der Waals surface area contributed by atoms with Gasteiger partial charge in [-0.15, -0.1) is 0 Å². The third-order valence-corrected chi connectivity index (χ3v) is 2.58. The van der Waals surface area contributed by atoms with Crippen LogP contribution >= 0.6 is 0 Å². The number of rotatable bonds is 4. The fraction of sp³-hybridized carbons (Fsp3) is 0.0769. The number of carbonyl (C=O) groups is 1. The number of nitrogens with zero attached hydrogens (tertiary/aromatic N) is 1. The predicted molar refractivity (Wildman–Crippen MR) is 70.9 cm³/mol. The molecule has 0 unspecified atom stereocenters. The molecular weight excluding hydrogens is 228 g/mol. The molecule has 0 spiro atoms. The average molecular weight is 242 g/mol. The van der Waals surface area contributed by atoms with Crippen LogP contribution in [0.1, 0.15) is 15.9 Å². The van der Waals surface area contributed by atoms with Gasteiger partial charge in [-0.3, -0.25) is 9.78 Å². The summed E-state index contributed by atoms with van der Waals surface area (Å²) in [5.41, 5.74) is 13.5.